The molecule has 2 aromatic rings. The van der Waals surface area contributed by atoms with Crippen LogP contribution in [0.1, 0.15) is 15.2 Å². The predicted octanol–water partition coefficient (Wildman–Crippen LogP) is 2.44. The summed E-state index contributed by atoms with van der Waals surface area (Å²) in [6, 6.07) is 0.381. The minimum atomic E-state index is -1.55. The number of carbonyl (C=O) groups is 2. The Morgan fingerprint density at radius 1 is 1.29 bits per heavy atom. The maximum Gasteiger partial charge on any atom is 0.338 e. The highest BCUT2D eigenvalue weighted by Crippen LogP contribution is 2.19. The molecule has 2 rings (SSSR count). The lowest BCUT2D eigenvalue weighted by atomic mass is 10.2. The van der Waals surface area contributed by atoms with Crippen molar-refractivity contribution in [3.8, 4) is 0 Å². The van der Waals surface area contributed by atoms with Crippen LogP contribution in [0.25, 0.3) is 0 Å². The molecule has 1 aromatic carbocycles. The van der Waals surface area contributed by atoms with E-state index in [0.29, 0.717) is 6.07 Å². The second-order valence-corrected chi connectivity index (χ2v) is 4.86. The highest BCUT2D eigenvalue weighted by molar-refractivity contribution is 7.09. The van der Waals surface area contributed by atoms with Crippen molar-refractivity contribution in [1.29, 1.82) is 0 Å². The normalized spacial score (nSPS) is 10.2. The molecule has 0 aliphatic heterocycles. The van der Waals surface area contributed by atoms with Gasteiger partial charge < -0.3 is 15.7 Å². The summed E-state index contributed by atoms with van der Waals surface area (Å²) in [7, 11) is 0. The molecule has 1 heterocycles. The fourth-order valence-corrected chi connectivity index (χ4v) is 2.01. The molecule has 0 fully saturated rings. The van der Waals surface area contributed by atoms with Crippen LogP contribution in [0, 0.1) is 11.6 Å². The number of hydrogen-bond acceptors (Lipinski definition) is 4. The van der Waals surface area contributed by atoms with E-state index in [-0.39, 0.29) is 6.54 Å². The quantitative estimate of drug-likeness (QED) is 0.808. The smallest absolute Gasteiger partial charge is 0.338 e. The van der Waals surface area contributed by atoms with Crippen molar-refractivity contribution in [1.82, 2.24) is 10.3 Å². The SMILES string of the molecule is O=C(NCc1cncs1)Nc1cc(C(=O)O)c(F)cc1F. The Balaban J connectivity index is 2.06. The second-order valence-electron chi connectivity index (χ2n) is 3.89. The Labute approximate surface area is 121 Å². The summed E-state index contributed by atoms with van der Waals surface area (Å²) in [5, 5.41) is 13.3. The van der Waals surface area contributed by atoms with E-state index in [4.69, 9.17) is 5.11 Å². The van der Waals surface area contributed by atoms with Gasteiger partial charge in [0.05, 0.1) is 23.3 Å². The van der Waals surface area contributed by atoms with Crippen LogP contribution in [0.4, 0.5) is 19.3 Å². The van der Waals surface area contributed by atoms with Crippen LogP contribution in [0.3, 0.4) is 0 Å². The van der Waals surface area contributed by atoms with E-state index in [2.05, 4.69) is 15.6 Å². The zero-order valence-electron chi connectivity index (χ0n) is 10.4. The van der Waals surface area contributed by atoms with Gasteiger partial charge in [0, 0.05) is 17.1 Å². The molecule has 0 spiro atoms. The highest BCUT2D eigenvalue weighted by atomic mass is 32.1. The molecule has 2 amide bonds. The van der Waals surface area contributed by atoms with E-state index in [1.807, 2.05) is 0 Å². The third-order valence-electron chi connectivity index (χ3n) is 2.44. The molecule has 0 saturated carbocycles. The van der Waals surface area contributed by atoms with Gasteiger partial charge in [0.15, 0.2) is 0 Å². The maximum absolute atomic E-state index is 13.5. The van der Waals surface area contributed by atoms with Crippen LogP contribution >= 0.6 is 11.3 Å². The van der Waals surface area contributed by atoms with Gasteiger partial charge in [-0.2, -0.15) is 0 Å². The van der Waals surface area contributed by atoms with Crippen LogP contribution < -0.4 is 10.6 Å². The molecule has 1 aromatic heterocycles. The molecule has 6 nitrogen and oxygen atoms in total. The van der Waals surface area contributed by atoms with E-state index < -0.39 is 34.9 Å². The summed E-state index contributed by atoms with van der Waals surface area (Å²) < 4.78 is 26.7. The third kappa shape index (κ3) is 3.72. The number of hydrogen-bond donors (Lipinski definition) is 3. The third-order valence-corrected chi connectivity index (χ3v) is 3.22. The first-order valence-electron chi connectivity index (χ1n) is 5.62. The molecule has 110 valence electrons. The molecule has 0 aliphatic carbocycles. The van der Waals surface area contributed by atoms with E-state index in [0.717, 1.165) is 10.9 Å². The second kappa shape index (κ2) is 6.27. The lowest BCUT2D eigenvalue weighted by molar-refractivity contribution is 0.0692. The Kier molecular flexibility index (Phi) is 4.43. The van der Waals surface area contributed by atoms with Crippen molar-refractivity contribution in [3.05, 3.63) is 45.9 Å². The molecular weight excluding hydrogens is 304 g/mol. The number of anilines is 1. The van der Waals surface area contributed by atoms with E-state index in [9.17, 15) is 18.4 Å². The summed E-state index contributed by atoms with van der Waals surface area (Å²) in [5.74, 6) is -3.83. The van der Waals surface area contributed by atoms with E-state index in [1.54, 1.807) is 11.7 Å². The van der Waals surface area contributed by atoms with Crippen LogP contribution in [0.15, 0.2) is 23.8 Å². The molecule has 9 heteroatoms. The number of urea groups is 1. The van der Waals surface area contributed by atoms with Gasteiger partial charge >= 0.3 is 12.0 Å². The lowest BCUT2D eigenvalue weighted by Gasteiger charge is -2.09. The van der Waals surface area contributed by atoms with Crippen LogP contribution in [0.5, 0.6) is 0 Å². The van der Waals surface area contributed by atoms with Crippen molar-refractivity contribution in [3.63, 3.8) is 0 Å². The molecule has 21 heavy (non-hydrogen) atoms. The number of rotatable bonds is 4. The van der Waals surface area contributed by atoms with Crippen molar-refractivity contribution in [2.45, 2.75) is 6.54 Å². The van der Waals surface area contributed by atoms with Crippen molar-refractivity contribution >= 4 is 29.0 Å². The molecule has 0 bridgehead atoms. The van der Waals surface area contributed by atoms with Crippen LogP contribution in [0.2, 0.25) is 0 Å². The van der Waals surface area contributed by atoms with Gasteiger partial charge in [-0.25, -0.2) is 18.4 Å². The molecule has 3 N–H and O–H groups in total. The first kappa shape index (κ1) is 14.9. The van der Waals surface area contributed by atoms with E-state index in [1.165, 1.54) is 11.3 Å². The maximum atomic E-state index is 13.5. The lowest BCUT2D eigenvalue weighted by Crippen LogP contribution is -2.28. The van der Waals surface area contributed by atoms with E-state index >= 15 is 0 Å². The van der Waals surface area contributed by atoms with Gasteiger partial charge in [0.2, 0.25) is 0 Å². The number of benzene rings is 1. The molecule has 0 aliphatic rings. The number of carboxylic acid groups (broad SMARTS) is 1. The van der Waals surface area contributed by atoms with Gasteiger partial charge in [-0.1, -0.05) is 0 Å². The predicted molar refractivity (Wildman–Crippen MR) is 71.3 cm³/mol. The molecule has 0 saturated heterocycles. The molecule has 0 radical (unpaired) electrons. The highest BCUT2D eigenvalue weighted by Gasteiger charge is 2.16. The number of thiazole rings is 1. The number of amides is 2. The van der Waals surface area contributed by atoms with Crippen molar-refractivity contribution in [2.24, 2.45) is 0 Å². The minimum absolute atomic E-state index is 0.186. The average Bonchev–Trinajstić information content (AvgIpc) is 2.92. The Hall–Kier alpha value is -2.55. The van der Waals surface area contributed by atoms with Gasteiger partial charge in [-0.05, 0) is 6.07 Å². The Bertz CT molecular complexity index is 677. The molecular formula is C12H9F2N3O3S. The van der Waals surface area contributed by atoms with Crippen molar-refractivity contribution in [2.75, 3.05) is 5.32 Å². The summed E-state index contributed by atoms with van der Waals surface area (Å²) in [5.41, 5.74) is 0.443. The average molecular weight is 313 g/mol. The first-order chi connectivity index (χ1) is 9.97. The summed E-state index contributed by atoms with van der Waals surface area (Å²) in [6.07, 6.45) is 1.56. The number of nitrogens with one attached hydrogen (secondary N) is 2. The number of halogens is 2. The minimum Gasteiger partial charge on any atom is -0.478 e. The van der Waals surface area contributed by atoms with Crippen molar-refractivity contribution < 1.29 is 23.5 Å². The summed E-state index contributed by atoms with van der Waals surface area (Å²) in [6.45, 7) is 0.186. The number of nitrogens with zero attached hydrogens (tertiary/aromatic N) is 1. The van der Waals surface area contributed by atoms with Gasteiger partial charge in [-0.3, -0.25) is 4.98 Å². The zero-order valence-corrected chi connectivity index (χ0v) is 11.2. The number of aromatic carboxylic acids is 1. The zero-order chi connectivity index (χ0) is 15.4. The molecule has 0 unspecified atom stereocenters. The topological polar surface area (TPSA) is 91.3 Å². The Morgan fingerprint density at radius 2 is 2.05 bits per heavy atom. The number of carbonyl (C=O) groups excluding carboxylic acids is 1. The fourth-order valence-electron chi connectivity index (χ4n) is 1.47. The van der Waals surface area contributed by atoms with Crippen LogP contribution in [-0.2, 0) is 6.54 Å². The number of aromatic nitrogens is 1. The Morgan fingerprint density at radius 3 is 2.67 bits per heavy atom. The largest absolute Gasteiger partial charge is 0.478 e. The summed E-state index contributed by atoms with van der Waals surface area (Å²) >= 11 is 1.33. The van der Waals surface area contributed by atoms with Gasteiger partial charge in [0.25, 0.3) is 0 Å². The van der Waals surface area contributed by atoms with Gasteiger partial charge in [-0.15, -0.1) is 11.3 Å². The summed E-state index contributed by atoms with van der Waals surface area (Å²) in [4.78, 5) is 26.9. The number of carboxylic acids is 1. The fraction of sp³-hybridized carbons (Fsp3) is 0.0833. The van der Waals surface area contributed by atoms with Gasteiger partial charge in [0.1, 0.15) is 11.6 Å². The molecule has 0 atom stereocenters. The monoisotopic (exact) mass is 313 g/mol. The first-order valence-corrected chi connectivity index (χ1v) is 6.50. The standard InChI is InChI=1S/C12H9F2N3O3S/c13-8-2-9(14)10(1-7(8)11(18)19)17-12(20)16-4-6-3-15-5-21-6/h1-3,5H,4H2,(H,18,19)(H2,16,17,20). The van der Waals surface area contributed by atoms with Crippen LogP contribution in [-0.4, -0.2) is 22.1 Å².